The third-order valence-electron chi connectivity index (χ3n) is 5.78. The van der Waals surface area contributed by atoms with Gasteiger partial charge < -0.3 is 10.0 Å². The smallest absolute Gasteiger partial charge is 0.230 e. The molecule has 2 aromatic carbocycles. The Kier molecular flexibility index (Phi) is 5.11. The van der Waals surface area contributed by atoms with Crippen LogP contribution in [0.25, 0.3) is 4.96 Å². The molecule has 1 fully saturated rings. The molecule has 2 aromatic heterocycles. The van der Waals surface area contributed by atoms with E-state index >= 15 is 0 Å². The molecule has 0 saturated carbocycles. The molecule has 0 amide bonds. The van der Waals surface area contributed by atoms with Gasteiger partial charge in [0, 0.05) is 26.2 Å². The first kappa shape index (κ1) is 20.0. The van der Waals surface area contributed by atoms with Gasteiger partial charge in [0.2, 0.25) is 10.8 Å². The van der Waals surface area contributed by atoms with Gasteiger partial charge in [-0.15, -0.1) is 5.10 Å². The summed E-state index contributed by atoms with van der Waals surface area (Å²) in [6.45, 7) is 6.81. The minimum Gasteiger partial charge on any atom is -0.492 e. The summed E-state index contributed by atoms with van der Waals surface area (Å²) in [5, 5.41) is 15.3. The van der Waals surface area contributed by atoms with Crippen molar-refractivity contribution in [2.24, 2.45) is 0 Å². The van der Waals surface area contributed by atoms with Gasteiger partial charge in [-0.2, -0.15) is 4.52 Å². The number of aromatic hydroxyl groups is 1. The first-order valence-corrected chi connectivity index (χ1v) is 11.2. The van der Waals surface area contributed by atoms with E-state index in [0.717, 1.165) is 23.5 Å². The maximum Gasteiger partial charge on any atom is 0.230 e. The van der Waals surface area contributed by atoms with Crippen LogP contribution in [0.4, 0.5) is 10.1 Å². The summed E-state index contributed by atoms with van der Waals surface area (Å²) in [5.74, 6) is 0.590. The molecule has 8 heteroatoms. The SMILES string of the molecule is Cc1cccc([C@@H](c2sc3nc(C)nn3c2O)N2CCN(c3ccccc3F)CC2)c1. The first-order chi connectivity index (χ1) is 15.0. The van der Waals surface area contributed by atoms with Crippen LogP contribution in [-0.2, 0) is 0 Å². The van der Waals surface area contributed by atoms with Gasteiger partial charge in [-0.1, -0.05) is 53.3 Å². The van der Waals surface area contributed by atoms with Crippen molar-refractivity contribution in [2.75, 3.05) is 31.1 Å². The molecule has 1 aliphatic rings. The second-order valence-electron chi connectivity index (χ2n) is 7.93. The lowest BCUT2D eigenvalue weighted by Gasteiger charge is -2.40. The lowest BCUT2D eigenvalue weighted by molar-refractivity contribution is 0.210. The summed E-state index contributed by atoms with van der Waals surface area (Å²) in [6.07, 6.45) is 0. The van der Waals surface area contributed by atoms with Crippen LogP contribution in [0, 0.1) is 19.7 Å². The zero-order valence-corrected chi connectivity index (χ0v) is 18.3. The molecule has 6 nitrogen and oxygen atoms in total. The predicted octanol–water partition coefficient (Wildman–Crippen LogP) is 4.16. The first-order valence-electron chi connectivity index (χ1n) is 10.4. The normalized spacial score (nSPS) is 16.2. The molecule has 1 saturated heterocycles. The molecule has 0 bridgehead atoms. The topological polar surface area (TPSA) is 56.9 Å². The van der Waals surface area contributed by atoms with Crippen molar-refractivity contribution in [2.45, 2.75) is 19.9 Å². The summed E-state index contributed by atoms with van der Waals surface area (Å²) in [6, 6.07) is 15.2. The molecule has 31 heavy (non-hydrogen) atoms. The van der Waals surface area contributed by atoms with E-state index in [-0.39, 0.29) is 17.7 Å². The van der Waals surface area contributed by atoms with Crippen LogP contribution in [-0.4, -0.2) is 50.8 Å². The molecule has 0 aliphatic carbocycles. The largest absolute Gasteiger partial charge is 0.492 e. The van der Waals surface area contributed by atoms with Crippen LogP contribution in [0.1, 0.15) is 27.9 Å². The number of aryl methyl sites for hydroxylation is 2. The lowest BCUT2D eigenvalue weighted by atomic mass is 10.0. The third kappa shape index (κ3) is 3.66. The maximum absolute atomic E-state index is 14.3. The molecule has 160 valence electrons. The highest BCUT2D eigenvalue weighted by Gasteiger charge is 2.32. The van der Waals surface area contributed by atoms with Gasteiger partial charge in [-0.3, -0.25) is 4.90 Å². The van der Waals surface area contributed by atoms with Crippen LogP contribution in [0.2, 0.25) is 0 Å². The number of piperazine rings is 1. The second-order valence-corrected chi connectivity index (χ2v) is 8.94. The van der Waals surface area contributed by atoms with Gasteiger partial charge in [0.15, 0.2) is 0 Å². The van der Waals surface area contributed by atoms with Crippen molar-refractivity contribution in [3.8, 4) is 5.88 Å². The van der Waals surface area contributed by atoms with E-state index < -0.39 is 0 Å². The van der Waals surface area contributed by atoms with E-state index in [4.69, 9.17) is 0 Å². The van der Waals surface area contributed by atoms with E-state index in [1.54, 1.807) is 6.07 Å². The van der Waals surface area contributed by atoms with Crippen molar-refractivity contribution >= 4 is 22.0 Å². The van der Waals surface area contributed by atoms with E-state index in [0.29, 0.717) is 29.6 Å². The quantitative estimate of drug-likeness (QED) is 0.520. The van der Waals surface area contributed by atoms with E-state index in [9.17, 15) is 9.50 Å². The number of halogens is 1. The Morgan fingerprint density at radius 3 is 2.52 bits per heavy atom. The maximum atomic E-state index is 14.3. The van der Waals surface area contributed by atoms with E-state index in [1.807, 2.05) is 25.1 Å². The number of thiazole rings is 1. The number of nitrogens with zero attached hydrogens (tertiary/aromatic N) is 5. The Morgan fingerprint density at radius 2 is 1.81 bits per heavy atom. The number of benzene rings is 2. The number of rotatable bonds is 4. The summed E-state index contributed by atoms with van der Waals surface area (Å²) < 4.78 is 15.8. The molecular weight excluding hydrogens is 413 g/mol. The molecule has 5 rings (SSSR count). The standard InChI is InChI=1S/C23H24FN5OS/c1-15-6-5-7-17(14-15)20(21-22(30)29-23(31-21)25-16(2)26-29)28-12-10-27(11-13-28)19-9-4-3-8-18(19)24/h3-9,14,20,30H,10-13H2,1-2H3/t20-/m0/s1. The van der Waals surface area contributed by atoms with Crippen LogP contribution in [0.3, 0.4) is 0 Å². The van der Waals surface area contributed by atoms with Gasteiger partial charge in [0.25, 0.3) is 0 Å². The molecule has 1 atom stereocenters. The van der Waals surface area contributed by atoms with Gasteiger partial charge >= 0.3 is 0 Å². The summed E-state index contributed by atoms with van der Waals surface area (Å²) >= 11 is 1.47. The van der Waals surface area contributed by atoms with Crippen molar-refractivity contribution in [1.82, 2.24) is 19.5 Å². The van der Waals surface area contributed by atoms with Crippen LogP contribution >= 0.6 is 11.3 Å². The Balaban J connectivity index is 1.49. The van der Waals surface area contributed by atoms with E-state index in [2.05, 4.69) is 45.0 Å². The van der Waals surface area contributed by atoms with Crippen molar-refractivity contribution in [1.29, 1.82) is 0 Å². The summed E-state index contributed by atoms with van der Waals surface area (Å²) in [4.78, 5) is 10.4. The van der Waals surface area contributed by atoms with Gasteiger partial charge in [-0.05, 0) is 31.5 Å². The number of anilines is 1. The molecule has 1 N–H and O–H groups in total. The van der Waals surface area contributed by atoms with Gasteiger partial charge in [0.05, 0.1) is 16.6 Å². The minimum absolute atomic E-state index is 0.114. The fourth-order valence-electron chi connectivity index (χ4n) is 4.32. The number of para-hydroxylation sites is 1. The molecule has 0 spiro atoms. The number of aromatic nitrogens is 3. The Hall–Kier alpha value is -2.97. The van der Waals surface area contributed by atoms with E-state index in [1.165, 1.54) is 27.5 Å². The number of hydrogen-bond donors (Lipinski definition) is 1. The minimum atomic E-state index is -0.190. The fourth-order valence-corrected chi connectivity index (χ4v) is 5.49. The molecule has 0 radical (unpaired) electrons. The van der Waals surface area contributed by atoms with Crippen LogP contribution < -0.4 is 4.90 Å². The van der Waals surface area contributed by atoms with Gasteiger partial charge in [0.1, 0.15) is 11.6 Å². The zero-order chi connectivity index (χ0) is 21.5. The number of hydrogen-bond acceptors (Lipinski definition) is 6. The zero-order valence-electron chi connectivity index (χ0n) is 17.5. The third-order valence-corrected chi connectivity index (χ3v) is 6.86. The molecular formula is C23H24FN5OS. The van der Waals surface area contributed by atoms with Crippen molar-refractivity contribution in [3.05, 3.63) is 76.2 Å². The fraction of sp³-hybridized carbons (Fsp3) is 0.304. The van der Waals surface area contributed by atoms with Crippen LogP contribution in [0.15, 0.2) is 48.5 Å². The van der Waals surface area contributed by atoms with Crippen LogP contribution in [0.5, 0.6) is 5.88 Å². The highest BCUT2D eigenvalue weighted by Crippen LogP contribution is 2.40. The average Bonchev–Trinajstić information content (AvgIpc) is 3.27. The lowest BCUT2D eigenvalue weighted by Crippen LogP contribution is -2.48. The molecule has 1 aliphatic heterocycles. The highest BCUT2D eigenvalue weighted by atomic mass is 32.1. The molecule has 0 unspecified atom stereocenters. The molecule has 3 heterocycles. The average molecular weight is 438 g/mol. The van der Waals surface area contributed by atoms with Gasteiger partial charge in [-0.25, -0.2) is 9.37 Å². The van der Waals surface area contributed by atoms with Crippen molar-refractivity contribution in [3.63, 3.8) is 0 Å². The second kappa shape index (κ2) is 7.94. The predicted molar refractivity (Wildman–Crippen MR) is 120 cm³/mol. The monoisotopic (exact) mass is 437 g/mol. The summed E-state index contributed by atoms with van der Waals surface area (Å²) in [5.41, 5.74) is 2.93. The Morgan fingerprint density at radius 1 is 1.03 bits per heavy atom. The Labute approximate surface area is 184 Å². The number of fused-ring (bicyclic) bond motifs is 1. The molecule has 4 aromatic rings. The highest BCUT2D eigenvalue weighted by molar-refractivity contribution is 7.17. The Bertz CT molecular complexity index is 1230. The summed E-state index contributed by atoms with van der Waals surface area (Å²) in [7, 11) is 0. The van der Waals surface area contributed by atoms with Crippen molar-refractivity contribution < 1.29 is 9.50 Å².